The number of rotatable bonds is 8. The molecule has 1 aliphatic carbocycles. The number of hydrogen-bond acceptors (Lipinski definition) is 4. The van der Waals surface area contributed by atoms with Crippen LogP contribution in [-0.2, 0) is 0 Å². The number of halogens is 3. The van der Waals surface area contributed by atoms with Gasteiger partial charge in [0.15, 0.2) is 0 Å². The summed E-state index contributed by atoms with van der Waals surface area (Å²) in [5, 5.41) is 1.28. The minimum atomic E-state index is -0.545. The Balaban J connectivity index is 1.46. The molecular formula is C26H31Cl2FN2O2S. The summed E-state index contributed by atoms with van der Waals surface area (Å²) in [6.07, 6.45) is 5.94. The Morgan fingerprint density at radius 1 is 1.18 bits per heavy atom. The molecule has 1 heterocycles. The number of hydrogen-bond donors (Lipinski definition) is 1. The van der Waals surface area contributed by atoms with Gasteiger partial charge in [0.2, 0.25) is 0 Å². The van der Waals surface area contributed by atoms with Crippen molar-refractivity contribution in [1.29, 1.82) is 0 Å². The maximum atomic E-state index is 14.7. The number of carbonyl (C=O) groups is 1. The van der Waals surface area contributed by atoms with Gasteiger partial charge < -0.3 is 4.74 Å². The molecule has 2 aliphatic rings. The second-order valence-corrected chi connectivity index (χ2v) is 10.9. The molecule has 2 fully saturated rings. The molecule has 2 unspecified atom stereocenters. The summed E-state index contributed by atoms with van der Waals surface area (Å²) in [6.45, 7) is 5.82. The van der Waals surface area contributed by atoms with Gasteiger partial charge in [-0.1, -0.05) is 35.1 Å². The van der Waals surface area contributed by atoms with Crippen molar-refractivity contribution >= 4 is 41.1 Å². The molecule has 1 amide bonds. The highest BCUT2D eigenvalue weighted by molar-refractivity contribution is 7.97. The highest BCUT2D eigenvalue weighted by atomic mass is 35.5. The standard InChI is InChI=1S/C26H31Cl2FN2O2S/c1-15-4-5-17(13-31(15)16(2)19-8-20(27)10-21(28)9-19)14-33-25-12-24(29)23(26(32)30-34-3)11-22(25)18-6-7-18/h8-12,15-18H,4-7,13-14H2,1-3H3,(H,30,32)/t15-,16?,17?/m1/s1. The minimum Gasteiger partial charge on any atom is -0.493 e. The molecule has 0 radical (unpaired) electrons. The summed E-state index contributed by atoms with van der Waals surface area (Å²) in [4.78, 5) is 14.7. The van der Waals surface area contributed by atoms with Crippen LogP contribution in [0.15, 0.2) is 30.3 Å². The van der Waals surface area contributed by atoms with Crippen molar-refractivity contribution in [2.24, 2.45) is 5.92 Å². The van der Waals surface area contributed by atoms with Gasteiger partial charge in [0.25, 0.3) is 5.91 Å². The van der Waals surface area contributed by atoms with Crippen LogP contribution >= 0.6 is 35.1 Å². The maximum Gasteiger partial charge on any atom is 0.264 e. The van der Waals surface area contributed by atoms with Crippen LogP contribution in [0.2, 0.25) is 10.0 Å². The first-order chi connectivity index (χ1) is 16.3. The lowest BCUT2D eigenvalue weighted by molar-refractivity contribution is 0.0584. The lowest BCUT2D eigenvalue weighted by Gasteiger charge is -2.42. The molecule has 0 spiro atoms. The summed E-state index contributed by atoms with van der Waals surface area (Å²) in [5.74, 6) is 0.275. The van der Waals surface area contributed by atoms with Gasteiger partial charge in [-0.3, -0.25) is 14.4 Å². The van der Waals surface area contributed by atoms with E-state index in [-0.39, 0.29) is 11.6 Å². The minimum absolute atomic E-state index is 0.0790. The van der Waals surface area contributed by atoms with Crippen LogP contribution in [0.3, 0.4) is 0 Å². The van der Waals surface area contributed by atoms with Crippen molar-refractivity contribution < 1.29 is 13.9 Å². The number of ether oxygens (including phenoxy) is 1. The van der Waals surface area contributed by atoms with Crippen LogP contribution < -0.4 is 9.46 Å². The van der Waals surface area contributed by atoms with Crippen LogP contribution in [0, 0.1) is 11.7 Å². The Morgan fingerprint density at radius 3 is 2.53 bits per heavy atom. The summed E-state index contributed by atoms with van der Waals surface area (Å²) in [5.41, 5.74) is 2.12. The van der Waals surface area contributed by atoms with E-state index in [0.717, 1.165) is 55.3 Å². The van der Waals surface area contributed by atoms with E-state index in [1.165, 1.54) is 6.07 Å². The topological polar surface area (TPSA) is 41.6 Å². The SMILES string of the molecule is CSNC(=O)c1cc(C2CC2)c(OCC2CC[C@@H](C)N(C(C)c3cc(Cl)cc(Cl)c3)C2)cc1F. The van der Waals surface area contributed by atoms with E-state index in [9.17, 15) is 9.18 Å². The summed E-state index contributed by atoms with van der Waals surface area (Å²) in [6, 6.07) is 9.37. The van der Waals surface area contributed by atoms with Gasteiger partial charge in [0, 0.05) is 46.9 Å². The maximum absolute atomic E-state index is 14.7. The van der Waals surface area contributed by atoms with Gasteiger partial charge in [0.1, 0.15) is 11.6 Å². The van der Waals surface area contributed by atoms with Crippen molar-refractivity contribution in [2.75, 3.05) is 19.4 Å². The number of nitrogens with one attached hydrogen (secondary N) is 1. The number of likely N-dealkylation sites (tertiary alicyclic amines) is 1. The Kier molecular flexibility index (Phi) is 8.34. The molecule has 1 N–H and O–H groups in total. The van der Waals surface area contributed by atoms with Crippen molar-refractivity contribution in [3.63, 3.8) is 0 Å². The first-order valence-electron chi connectivity index (χ1n) is 11.8. The fourth-order valence-electron chi connectivity index (χ4n) is 4.84. The third-order valence-corrected chi connectivity index (χ3v) is 7.75. The molecule has 1 saturated carbocycles. The van der Waals surface area contributed by atoms with Gasteiger partial charge in [-0.2, -0.15) is 0 Å². The van der Waals surface area contributed by atoms with Crippen molar-refractivity contribution in [2.45, 2.75) is 57.5 Å². The zero-order chi connectivity index (χ0) is 24.4. The Hall–Kier alpha value is -1.47. The van der Waals surface area contributed by atoms with Gasteiger partial charge >= 0.3 is 0 Å². The molecule has 1 saturated heterocycles. The van der Waals surface area contributed by atoms with Crippen LogP contribution in [0.25, 0.3) is 0 Å². The van der Waals surface area contributed by atoms with Crippen LogP contribution in [0.4, 0.5) is 4.39 Å². The highest BCUT2D eigenvalue weighted by Crippen LogP contribution is 2.45. The lowest BCUT2D eigenvalue weighted by atomic mass is 9.91. The summed E-state index contributed by atoms with van der Waals surface area (Å²) in [7, 11) is 0. The summed E-state index contributed by atoms with van der Waals surface area (Å²) >= 11 is 13.6. The van der Waals surface area contributed by atoms with E-state index < -0.39 is 11.7 Å². The summed E-state index contributed by atoms with van der Waals surface area (Å²) < 4.78 is 23.6. The van der Waals surface area contributed by atoms with Crippen molar-refractivity contribution in [3.8, 4) is 5.75 Å². The number of nitrogens with zero attached hydrogens (tertiary/aromatic N) is 1. The normalized spacial score (nSPS) is 21.8. The van der Waals surface area contributed by atoms with Crippen LogP contribution in [0.1, 0.15) is 73.0 Å². The Morgan fingerprint density at radius 2 is 1.88 bits per heavy atom. The zero-order valence-corrected chi connectivity index (χ0v) is 22.1. The second-order valence-electron chi connectivity index (χ2n) is 9.46. The molecule has 3 atom stereocenters. The molecule has 4 rings (SSSR count). The second kappa shape index (κ2) is 11.1. The molecule has 2 aromatic carbocycles. The monoisotopic (exact) mass is 524 g/mol. The Labute approximate surface area is 215 Å². The average Bonchev–Trinajstić information content (AvgIpc) is 3.63. The van der Waals surface area contributed by atoms with Crippen LogP contribution in [0.5, 0.6) is 5.75 Å². The number of benzene rings is 2. The third-order valence-electron chi connectivity index (χ3n) is 6.92. The van der Waals surface area contributed by atoms with Gasteiger partial charge in [0.05, 0.1) is 12.2 Å². The Bertz CT molecular complexity index is 1030. The molecular weight excluding hydrogens is 494 g/mol. The first kappa shape index (κ1) is 25.6. The van der Waals surface area contributed by atoms with Gasteiger partial charge in [-0.15, -0.1) is 0 Å². The highest BCUT2D eigenvalue weighted by Gasteiger charge is 2.32. The largest absolute Gasteiger partial charge is 0.493 e. The molecule has 0 aromatic heterocycles. The van der Waals surface area contributed by atoms with E-state index in [1.54, 1.807) is 18.4 Å². The van der Waals surface area contributed by atoms with Crippen molar-refractivity contribution in [3.05, 3.63) is 62.9 Å². The molecule has 184 valence electrons. The first-order valence-corrected chi connectivity index (χ1v) is 13.8. The average molecular weight is 526 g/mol. The quantitative estimate of drug-likeness (QED) is 0.369. The molecule has 8 heteroatoms. The fourth-order valence-corrected chi connectivity index (χ4v) is 5.67. The number of amides is 1. The van der Waals surface area contributed by atoms with E-state index in [2.05, 4.69) is 23.5 Å². The smallest absolute Gasteiger partial charge is 0.264 e. The zero-order valence-electron chi connectivity index (χ0n) is 19.7. The molecule has 4 nitrogen and oxygen atoms in total. The molecule has 2 aromatic rings. The third kappa shape index (κ3) is 6.01. The predicted molar refractivity (Wildman–Crippen MR) is 139 cm³/mol. The van der Waals surface area contributed by atoms with E-state index in [4.69, 9.17) is 27.9 Å². The van der Waals surface area contributed by atoms with E-state index in [0.29, 0.717) is 40.3 Å². The number of carbonyl (C=O) groups excluding carboxylic acids is 1. The fraction of sp³-hybridized carbons (Fsp3) is 0.500. The van der Waals surface area contributed by atoms with E-state index >= 15 is 0 Å². The molecule has 1 aliphatic heterocycles. The predicted octanol–water partition coefficient (Wildman–Crippen LogP) is 7.26. The van der Waals surface area contributed by atoms with Crippen molar-refractivity contribution in [1.82, 2.24) is 9.62 Å². The van der Waals surface area contributed by atoms with Crippen LogP contribution in [-0.4, -0.2) is 36.3 Å². The lowest BCUT2D eigenvalue weighted by Crippen LogP contribution is -2.44. The van der Waals surface area contributed by atoms with Gasteiger partial charge in [-0.25, -0.2) is 4.39 Å². The van der Waals surface area contributed by atoms with Gasteiger partial charge in [-0.05, 0) is 80.8 Å². The molecule has 34 heavy (non-hydrogen) atoms. The van der Waals surface area contributed by atoms with E-state index in [1.807, 2.05) is 12.1 Å². The number of piperidine rings is 1. The molecule has 0 bridgehead atoms.